The third-order valence-corrected chi connectivity index (χ3v) is 3.40. The Morgan fingerprint density at radius 2 is 1.86 bits per heavy atom. The van der Waals surface area contributed by atoms with Gasteiger partial charge >= 0.3 is 0 Å². The predicted octanol–water partition coefficient (Wildman–Crippen LogP) is 3.69. The van der Waals surface area contributed by atoms with Gasteiger partial charge in [-0.2, -0.15) is 0 Å². The van der Waals surface area contributed by atoms with Crippen LogP contribution in [-0.4, -0.2) is 25.5 Å². The van der Waals surface area contributed by atoms with Crippen molar-refractivity contribution in [2.75, 3.05) is 20.5 Å². The van der Waals surface area contributed by atoms with Crippen molar-refractivity contribution in [2.45, 2.75) is 26.4 Å². The summed E-state index contributed by atoms with van der Waals surface area (Å²) in [6, 6.07) is 12.1. The number of aryl methyl sites for hydroxylation is 1. The van der Waals surface area contributed by atoms with E-state index in [1.54, 1.807) is 7.11 Å². The molecule has 0 aliphatic heterocycles. The van der Waals surface area contributed by atoms with E-state index in [4.69, 9.17) is 14.2 Å². The maximum absolute atomic E-state index is 5.71. The molecule has 0 fully saturated rings. The molecule has 2 rings (SSSR count). The molecule has 0 bridgehead atoms. The standard InChI is InChI=1S/C18H23NO3/c1-14-4-8-18(9-5-14)21-11-10-17-7-6-16(12-19-17)15(2)22-13-20-3/h4-9,12,15H,10-11,13H2,1-3H3. The molecule has 0 aliphatic rings. The molecule has 1 aromatic heterocycles. The molecule has 1 aromatic carbocycles. The molecule has 0 amide bonds. The van der Waals surface area contributed by atoms with Crippen molar-refractivity contribution in [3.05, 3.63) is 59.4 Å². The number of rotatable bonds is 8. The fraction of sp³-hybridized carbons (Fsp3) is 0.389. The van der Waals surface area contributed by atoms with Crippen molar-refractivity contribution in [1.29, 1.82) is 0 Å². The minimum Gasteiger partial charge on any atom is -0.493 e. The molecule has 22 heavy (non-hydrogen) atoms. The molecule has 4 heteroatoms. The highest BCUT2D eigenvalue weighted by Gasteiger charge is 2.06. The molecule has 0 aliphatic carbocycles. The second kappa shape index (κ2) is 8.51. The summed E-state index contributed by atoms with van der Waals surface area (Å²) in [7, 11) is 1.61. The van der Waals surface area contributed by atoms with Gasteiger partial charge in [0.05, 0.1) is 12.7 Å². The van der Waals surface area contributed by atoms with Crippen molar-refractivity contribution in [2.24, 2.45) is 0 Å². The van der Waals surface area contributed by atoms with Crippen molar-refractivity contribution in [1.82, 2.24) is 4.98 Å². The van der Waals surface area contributed by atoms with Crippen LogP contribution in [0.2, 0.25) is 0 Å². The lowest BCUT2D eigenvalue weighted by Crippen LogP contribution is -2.06. The Labute approximate surface area is 132 Å². The SMILES string of the molecule is COCOC(C)c1ccc(CCOc2ccc(C)cc2)nc1. The van der Waals surface area contributed by atoms with Crippen LogP contribution < -0.4 is 4.74 Å². The average molecular weight is 301 g/mol. The summed E-state index contributed by atoms with van der Waals surface area (Å²) in [4.78, 5) is 4.45. The Hall–Kier alpha value is -1.91. The van der Waals surface area contributed by atoms with Crippen LogP contribution in [0.1, 0.15) is 29.8 Å². The van der Waals surface area contributed by atoms with E-state index < -0.39 is 0 Å². The Bertz CT molecular complexity index is 552. The molecule has 1 unspecified atom stereocenters. The summed E-state index contributed by atoms with van der Waals surface area (Å²) in [6.07, 6.45) is 2.61. The van der Waals surface area contributed by atoms with Gasteiger partial charge in [0.25, 0.3) is 0 Å². The first-order valence-electron chi connectivity index (χ1n) is 7.44. The van der Waals surface area contributed by atoms with Crippen LogP contribution >= 0.6 is 0 Å². The van der Waals surface area contributed by atoms with E-state index in [0.29, 0.717) is 6.61 Å². The Kier molecular flexibility index (Phi) is 6.37. The van der Waals surface area contributed by atoms with E-state index in [1.807, 2.05) is 49.5 Å². The fourth-order valence-electron chi connectivity index (χ4n) is 2.00. The minimum atomic E-state index is -0.0229. The summed E-state index contributed by atoms with van der Waals surface area (Å²) in [5.74, 6) is 0.892. The van der Waals surface area contributed by atoms with E-state index in [-0.39, 0.29) is 12.9 Å². The number of methoxy groups -OCH3 is 1. The molecule has 2 aromatic rings. The summed E-state index contributed by atoms with van der Waals surface area (Å²) in [5.41, 5.74) is 3.28. The Morgan fingerprint density at radius 1 is 1.09 bits per heavy atom. The second-order valence-corrected chi connectivity index (χ2v) is 5.21. The van der Waals surface area contributed by atoms with Gasteiger partial charge < -0.3 is 14.2 Å². The Morgan fingerprint density at radius 3 is 2.50 bits per heavy atom. The third-order valence-electron chi connectivity index (χ3n) is 3.40. The maximum Gasteiger partial charge on any atom is 0.147 e. The average Bonchev–Trinajstić information content (AvgIpc) is 2.55. The topological polar surface area (TPSA) is 40.6 Å². The van der Waals surface area contributed by atoms with Crippen LogP contribution in [-0.2, 0) is 15.9 Å². The first-order chi connectivity index (χ1) is 10.7. The lowest BCUT2D eigenvalue weighted by Gasteiger charge is -2.12. The molecule has 4 nitrogen and oxygen atoms in total. The molecular weight excluding hydrogens is 278 g/mol. The number of benzene rings is 1. The predicted molar refractivity (Wildman–Crippen MR) is 86.0 cm³/mol. The maximum atomic E-state index is 5.71. The zero-order valence-corrected chi connectivity index (χ0v) is 13.4. The zero-order valence-electron chi connectivity index (χ0n) is 13.4. The number of aromatic nitrogens is 1. The van der Waals surface area contributed by atoms with Crippen LogP contribution in [0.3, 0.4) is 0 Å². The van der Waals surface area contributed by atoms with Crippen LogP contribution in [0.5, 0.6) is 5.75 Å². The van der Waals surface area contributed by atoms with Gasteiger partial charge in [-0.3, -0.25) is 4.98 Å². The molecule has 1 atom stereocenters. The van der Waals surface area contributed by atoms with Gasteiger partial charge in [-0.15, -0.1) is 0 Å². The summed E-state index contributed by atoms with van der Waals surface area (Å²) < 4.78 is 16.1. The van der Waals surface area contributed by atoms with E-state index in [1.165, 1.54) is 5.56 Å². The minimum absolute atomic E-state index is 0.0229. The zero-order chi connectivity index (χ0) is 15.8. The van der Waals surface area contributed by atoms with E-state index in [0.717, 1.165) is 23.4 Å². The fourth-order valence-corrected chi connectivity index (χ4v) is 2.00. The smallest absolute Gasteiger partial charge is 0.147 e. The molecule has 0 saturated heterocycles. The lowest BCUT2D eigenvalue weighted by molar-refractivity contribution is -0.0667. The summed E-state index contributed by atoms with van der Waals surface area (Å²) in [5, 5.41) is 0. The normalized spacial score (nSPS) is 12.1. The molecule has 0 spiro atoms. The van der Waals surface area contributed by atoms with Gasteiger partial charge in [-0.05, 0) is 37.6 Å². The monoisotopic (exact) mass is 301 g/mol. The molecule has 0 radical (unpaired) electrons. The van der Waals surface area contributed by atoms with Crippen LogP contribution in [0.25, 0.3) is 0 Å². The number of pyridine rings is 1. The third kappa shape index (κ3) is 5.13. The van der Waals surface area contributed by atoms with Gasteiger partial charge in [0.2, 0.25) is 0 Å². The summed E-state index contributed by atoms with van der Waals surface area (Å²) in [6.45, 7) is 4.95. The highest BCUT2D eigenvalue weighted by molar-refractivity contribution is 5.26. The van der Waals surface area contributed by atoms with Crippen molar-refractivity contribution in [3.8, 4) is 5.75 Å². The van der Waals surface area contributed by atoms with Crippen LogP contribution in [0.4, 0.5) is 0 Å². The first kappa shape index (κ1) is 16.5. The first-order valence-corrected chi connectivity index (χ1v) is 7.44. The van der Waals surface area contributed by atoms with Crippen molar-refractivity contribution < 1.29 is 14.2 Å². The number of ether oxygens (including phenoxy) is 3. The van der Waals surface area contributed by atoms with Crippen molar-refractivity contribution in [3.63, 3.8) is 0 Å². The van der Waals surface area contributed by atoms with Gasteiger partial charge in [0, 0.05) is 25.4 Å². The van der Waals surface area contributed by atoms with E-state index in [9.17, 15) is 0 Å². The van der Waals surface area contributed by atoms with E-state index >= 15 is 0 Å². The lowest BCUT2D eigenvalue weighted by atomic mass is 10.1. The molecule has 118 valence electrons. The second-order valence-electron chi connectivity index (χ2n) is 5.21. The van der Waals surface area contributed by atoms with Gasteiger partial charge in [-0.1, -0.05) is 23.8 Å². The number of hydrogen-bond acceptors (Lipinski definition) is 4. The number of hydrogen-bond donors (Lipinski definition) is 0. The summed E-state index contributed by atoms with van der Waals surface area (Å²) >= 11 is 0. The molecule has 0 N–H and O–H groups in total. The highest BCUT2D eigenvalue weighted by atomic mass is 16.7. The quantitative estimate of drug-likeness (QED) is 0.697. The van der Waals surface area contributed by atoms with Crippen molar-refractivity contribution >= 4 is 0 Å². The van der Waals surface area contributed by atoms with Gasteiger partial charge in [-0.25, -0.2) is 0 Å². The Balaban J connectivity index is 1.79. The number of nitrogens with zero attached hydrogens (tertiary/aromatic N) is 1. The van der Waals surface area contributed by atoms with Crippen LogP contribution in [0.15, 0.2) is 42.6 Å². The highest BCUT2D eigenvalue weighted by Crippen LogP contribution is 2.16. The van der Waals surface area contributed by atoms with Gasteiger partial charge in [0.1, 0.15) is 12.5 Å². The molecule has 0 saturated carbocycles. The van der Waals surface area contributed by atoms with Crippen LogP contribution in [0, 0.1) is 6.92 Å². The van der Waals surface area contributed by atoms with E-state index in [2.05, 4.69) is 11.9 Å². The molecular formula is C18H23NO3. The largest absolute Gasteiger partial charge is 0.493 e. The van der Waals surface area contributed by atoms with Gasteiger partial charge in [0.15, 0.2) is 0 Å². The molecule has 1 heterocycles.